The molecule has 1 amide bonds. The summed E-state index contributed by atoms with van der Waals surface area (Å²) in [7, 11) is 0. The van der Waals surface area contributed by atoms with Crippen LogP contribution in [-0.4, -0.2) is 27.5 Å². The zero-order valence-electron chi connectivity index (χ0n) is 13.3. The molecule has 6 nitrogen and oxygen atoms in total. The summed E-state index contributed by atoms with van der Waals surface area (Å²) in [4.78, 5) is 19.7. The van der Waals surface area contributed by atoms with Crippen LogP contribution in [0.25, 0.3) is 11.5 Å². The Kier molecular flexibility index (Phi) is 4.04. The van der Waals surface area contributed by atoms with Gasteiger partial charge in [0.1, 0.15) is 0 Å². The van der Waals surface area contributed by atoms with E-state index in [1.165, 1.54) is 0 Å². The molecule has 1 aliphatic rings. The van der Waals surface area contributed by atoms with Crippen molar-refractivity contribution in [2.24, 2.45) is 0 Å². The molecule has 1 aromatic carbocycles. The van der Waals surface area contributed by atoms with E-state index in [9.17, 15) is 4.79 Å². The van der Waals surface area contributed by atoms with Gasteiger partial charge in [-0.05, 0) is 29.6 Å². The van der Waals surface area contributed by atoms with Crippen molar-refractivity contribution in [3.63, 3.8) is 0 Å². The molecule has 1 atom stereocenters. The smallest absolute Gasteiger partial charge is 0.257 e. The van der Waals surface area contributed by atoms with E-state index >= 15 is 0 Å². The van der Waals surface area contributed by atoms with Gasteiger partial charge in [0, 0.05) is 29.3 Å². The van der Waals surface area contributed by atoms with E-state index in [0.29, 0.717) is 42.4 Å². The molecular formula is C18H14N4O2S. The third kappa shape index (κ3) is 3.16. The minimum absolute atomic E-state index is 0.0656. The molecule has 0 radical (unpaired) electrons. The first-order chi connectivity index (χ1) is 12.2. The van der Waals surface area contributed by atoms with E-state index in [4.69, 9.17) is 9.78 Å². The molecule has 2 aromatic heterocycles. The van der Waals surface area contributed by atoms with Gasteiger partial charge in [-0.15, -0.1) is 11.3 Å². The Morgan fingerprint density at radius 1 is 1.36 bits per heavy atom. The van der Waals surface area contributed by atoms with Crippen LogP contribution in [0.15, 0.2) is 46.3 Å². The van der Waals surface area contributed by atoms with Crippen LogP contribution in [0.4, 0.5) is 0 Å². The number of benzene rings is 1. The van der Waals surface area contributed by atoms with Crippen LogP contribution in [0.5, 0.6) is 0 Å². The lowest BCUT2D eigenvalue weighted by Gasteiger charge is -2.14. The highest BCUT2D eigenvalue weighted by atomic mass is 32.1. The maximum Gasteiger partial charge on any atom is 0.257 e. The number of nitriles is 1. The fraction of sp³-hybridized carbons (Fsp3) is 0.222. The second kappa shape index (κ2) is 6.49. The molecule has 1 aliphatic heterocycles. The molecule has 0 bridgehead atoms. The summed E-state index contributed by atoms with van der Waals surface area (Å²) in [6, 6.07) is 13.1. The fourth-order valence-electron chi connectivity index (χ4n) is 2.93. The molecule has 0 unspecified atom stereocenters. The van der Waals surface area contributed by atoms with Gasteiger partial charge in [0.05, 0.1) is 18.2 Å². The topological polar surface area (TPSA) is 83.0 Å². The van der Waals surface area contributed by atoms with Crippen LogP contribution >= 0.6 is 11.3 Å². The van der Waals surface area contributed by atoms with E-state index in [1.54, 1.807) is 29.5 Å². The average Bonchev–Trinajstić information content (AvgIpc) is 3.37. The van der Waals surface area contributed by atoms with Crippen molar-refractivity contribution >= 4 is 17.2 Å². The van der Waals surface area contributed by atoms with Crippen molar-refractivity contribution in [2.75, 3.05) is 6.54 Å². The predicted molar refractivity (Wildman–Crippen MR) is 91.5 cm³/mol. The van der Waals surface area contributed by atoms with Gasteiger partial charge < -0.3 is 9.42 Å². The van der Waals surface area contributed by atoms with Crippen molar-refractivity contribution in [1.82, 2.24) is 15.0 Å². The third-order valence-corrected chi connectivity index (χ3v) is 5.05. The number of carbonyl (C=O) groups is 1. The number of rotatable bonds is 4. The maximum absolute atomic E-state index is 12.3. The Morgan fingerprint density at radius 3 is 3.08 bits per heavy atom. The van der Waals surface area contributed by atoms with Crippen molar-refractivity contribution in [3.05, 3.63) is 58.0 Å². The third-order valence-electron chi connectivity index (χ3n) is 4.19. The van der Waals surface area contributed by atoms with Crippen LogP contribution in [0.2, 0.25) is 0 Å². The lowest BCUT2D eigenvalue weighted by Crippen LogP contribution is -2.23. The molecule has 1 saturated heterocycles. The first-order valence-corrected chi connectivity index (χ1v) is 8.75. The molecule has 3 heterocycles. The quantitative estimate of drug-likeness (QED) is 0.721. The fourth-order valence-corrected chi connectivity index (χ4v) is 3.65. The largest absolute Gasteiger partial charge is 0.337 e. The number of hydrogen-bond donors (Lipinski definition) is 0. The molecule has 1 fully saturated rings. The second-order valence-corrected chi connectivity index (χ2v) is 6.94. The van der Waals surface area contributed by atoms with E-state index in [-0.39, 0.29) is 11.8 Å². The van der Waals surface area contributed by atoms with E-state index in [2.05, 4.69) is 16.2 Å². The number of thiophene rings is 1. The van der Waals surface area contributed by atoms with Gasteiger partial charge in [-0.2, -0.15) is 10.2 Å². The Balaban J connectivity index is 1.51. The van der Waals surface area contributed by atoms with Gasteiger partial charge in [0.25, 0.3) is 5.89 Å². The highest BCUT2D eigenvalue weighted by Gasteiger charge is 2.33. The molecule has 7 heteroatoms. The van der Waals surface area contributed by atoms with Gasteiger partial charge in [-0.25, -0.2) is 0 Å². The lowest BCUT2D eigenvalue weighted by atomic mass is 10.1. The van der Waals surface area contributed by atoms with Crippen molar-refractivity contribution < 1.29 is 9.32 Å². The highest BCUT2D eigenvalue weighted by molar-refractivity contribution is 7.09. The summed E-state index contributed by atoms with van der Waals surface area (Å²) in [5.41, 5.74) is 1.24. The van der Waals surface area contributed by atoms with Crippen molar-refractivity contribution in [3.8, 4) is 17.5 Å². The molecular weight excluding hydrogens is 336 g/mol. The van der Waals surface area contributed by atoms with E-state index in [1.807, 2.05) is 28.5 Å². The molecule has 3 aromatic rings. The highest BCUT2D eigenvalue weighted by Crippen LogP contribution is 2.29. The first kappa shape index (κ1) is 15.5. The number of amides is 1. The van der Waals surface area contributed by atoms with Crippen molar-refractivity contribution in [2.45, 2.75) is 18.9 Å². The first-order valence-electron chi connectivity index (χ1n) is 7.87. The summed E-state index contributed by atoms with van der Waals surface area (Å²) in [5.74, 6) is 0.955. The number of aromatic nitrogens is 2. The predicted octanol–water partition coefficient (Wildman–Crippen LogP) is 3.19. The molecule has 25 heavy (non-hydrogen) atoms. The summed E-state index contributed by atoms with van der Waals surface area (Å²) in [6.45, 7) is 1.22. The number of hydrogen-bond acceptors (Lipinski definition) is 6. The van der Waals surface area contributed by atoms with Gasteiger partial charge in [-0.3, -0.25) is 4.79 Å². The number of nitrogens with zero attached hydrogens (tertiary/aromatic N) is 4. The van der Waals surface area contributed by atoms with Crippen molar-refractivity contribution in [1.29, 1.82) is 5.26 Å². The number of likely N-dealkylation sites (tertiary alicyclic amines) is 1. The molecule has 0 aliphatic carbocycles. The average molecular weight is 350 g/mol. The van der Waals surface area contributed by atoms with Gasteiger partial charge >= 0.3 is 0 Å². The summed E-state index contributed by atoms with van der Waals surface area (Å²) >= 11 is 1.64. The molecule has 0 spiro atoms. The molecule has 4 rings (SSSR count). The second-order valence-electron chi connectivity index (χ2n) is 5.91. The maximum atomic E-state index is 12.3. The van der Waals surface area contributed by atoms with Crippen LogP contribution < -0.4 is 0 Å². The van der Waals surface area contributed by atoms with Crippen LogP contribution in [0.1, 0.15) is 28.6 Å². The Morgan fingerprint density at radius 2 is 2.28 bits per heavy atom. The standard InChI is InChI=1S/C18H14N4O2S/c19-9-12-3-1-4-13(7-12)18-20-17(21-24-18)14-8-16(23)22(10-14)11-15-5-2-6-25-15/h1-7,14H,8,10-11H2/t14-/m0/s1. The number of carbonyl (C=O) groups excluding carboxylic acids is 1. The van der Waals surface area contributed by atoms with E-state index in [0.717, 1.165) is 4.88 Å². The Labute approximate surface area is 148 Å². The lowest BCUT2D eigenvalue weighted by molar-refractivity contribution is -0.128. The summed E-state index contributed by atoms with van der Waals surface area (Å²) in [5, 5.41) is 15.1. The van der Waals surface area contributed by atoms with Gasteiger partial charge in [0.2, 0.25) is 5.91 Å². The van der Waals surface area contributed by atoms with Crippen LogP contribution in [0.3, 0.4) is 0 Å². The summed E-state index contributed by atoms with van der Waals surface area (Å²) in [6.07, 6.45) is 0.391. The molecule has 0 saturated carbocycles. The SMILES string of the molecule is N#Cc1cccc(-c2nc([C@H]3CC(=O)N(Cc4cccs4)C3)no2)c1. The van der Waals surface area contributed by atoms with E-state index < -0.39 is 0 Å². The zero-order valence-corrected chi connectivity index (χ0v) is 14.1. The van der Waals surface area contributed by atoms with Gasteiger partial charge in [-0.1, -0.05) is 17.3 Å². The Bertz CT molecular complexity index is 942. The minimum Gasteiger partial charge on any atom is -0.337 e. The monoisotopic (exact) mass is 350 g/mol. The normalized spacial score (nSPS) is 17.0. The Hall–Kier alpha value is -2.98. The minimum atomic E-state index is -0.0656. The molecule has 0 N–H and O–H groups in total. The zero-order chi connectivity index (χ0) is 17.2. The van der Waals surface area contributed by atoms with Crippen LogP contribution in [0, 0.1) is 11.3 Å². The summed E-state index contributed by atoms with van der Waals surface area (Å²) < 4.78 is 5.34. The molecule has 124 valence electrons. The van der Waals surface area contributed by atoms with Gasteiger partial charge in [0.15, 0.2) is 5.82 Å². The van der Waals surface area contributed by atoms with Crippen LogP contribution in [-0.2, 0) is 11.3 Å².